The van der Waals surface area contributed by atoms with Gasteiger partial charge < -0.3 is 4.90 Å². The molecule has 2 aliphatic rings. The summed E-state index contributed by atoms with van der Waals surface area (Å²) in [4.78, 5) is 15.3. The molecule has 27 heavy (non-hydrogen) atoms. The summed E-state index contributed by atoms with van der Waals surface area (Å²) in [7, 11) is 0. The van der Waals surface area contributed by atoms with Crippen LogP contribution in [-0.4, -0.2) is 16.8 Å². The SMILES string of the molecule is C[C@@H]1CCC(N2C(=O)CC[C@H](c3cccc(Cl)c3)[C@H]2c2ccc(Cl)cc2)C1. The highest BCUT2D eigenvalue weighted by Crippen LogP contribution is 2.47. The van der Waals surface area contributed by atoms with E-state index < -0.39 is 0 Å². The second-order valence-corrected chi connectivity index (χ2v) is 8.94. The molecule has 0 aromatic heterocycles. The van der Waals surface area contributed by atoms with E-state index in [0.29, 0.717) is 18.4 Å². The van der Waals surface area contributed by atoms with Gasteiger partial charge in [0, 0.05) is 28.4 Å². The van der Waals surface area contributed by atoms with Crippen LogP contribution in [0.1, 0.15) is 62.1 Å². The summed E-state index contributed by atoms with van der Waals surface area (Å²) >= 11 is 12.4. The highest BCUT2D eigenvalue weighted by atomic mass is 35.5. The standard InChI is InChI=1S/C23H25Cl2NO/c1-15-5-10-20(13-15)26-22(27)12-11-21(17-3-2-4-19(25)14-17)23(26)16-6-8-18(24)9-7-16/h2-4,6-9,14-15,20-21,23H,5,10-13H2,1H3/t15-,20?,21-,23-/m1/s1. The predicted molar refractivity (Wildman–Crippen MR) is 111 cm³/mol. The van der Waals surface area contributed by atoms with E-state index in [1.807, 2.05) is 24.3 Å². The molecule has 1 amide bonds. The van der Waals surface area contributed by atoms with Crippen LogP contribution in [0.4, 0.5) is 0 Å². The van der Waals surface area contributed by atoms with Crippen molar-refractivity contribution in [3.63, 3.8) is 0 Å². The van der Waals surface area contributed by atoms with E-state index >= 15 is 0 Å². The highest BCUT2D eigenvalue weighted by Gasteiger charge is 2.42. The Morgan fingerprint density at radius 2 is 1.70 bits per heavy atom. The predicted octanol–water partition coefficient (Wildman–Crippen LogP) is 6.63. The normalized spacial score (nSPS) is 28.6. The molecule has 1 unspecified atom stereocenters. The van der Waals surface area contributed by atoms with Crippen molar-refractivity contribution in [2.24, 2.45) is 5.92 Å². The number of carbonyl (C=O) groups is 1. The van der Waals surface area contributed by atoms with Crippen LogP contribution >= 0.6 is 23.2 Å². The van der Waals surface area contributed by atoms with Crippen LogP contribution in [0.15, 0.2) is 48.5 Å². The van der Waals surface area contributed by atoms with E-state index in [0.717, 1.165) is 34.9 Å². The van der Waals surface area contributed by atoms with E-state index in [1.165, 1.54) is 12.0 Å². The van der Waals surface area contributed by atoms with Crippen molar-refractivity contribution >= 4 is 29.1 Å². The molecule has 142 valence electrons. The van der Waals surface area contributed by atoms with Crippen LogP contribution < -0.4 is 0 Å². The molecular weight excluding hydrogens is 377 g/mol. The van der Waals surface area contributed by atoms with E-state index in [9.17, 15) is 4.79 Å². The Balaban J connectivity index is 1.77. The lowest BCUT2D eigenvalue weighted by atomic mass is 9.79. The zero-order valence-corrected chi connectivity index (χ0v) is 17.1. The Morgan fingerprint density at radius 3 is 2.37 bits per heavy atom. The second kappa shape index (κ2) is 7.85. The summed E-state index contributed by atoms with van der Waals surface area (Å²) in [6, 6.07) is 16.5. The number of amides is 1. The van der Waals surface area contributed by atoms with Crippen LogP contribution in [0, 0.1) is 5.92 Å². The fourth-order valence-corrected chi connectivity index (χ4v) is 5.24. The number of likely N-dealkylation sites (tertiary alicyclic amines) is 1. The largest absolute Gasteiger partial charge is 0.332 e. The molecule has 0 N–H and O–H groups in total. The molecule has 4 heteroatoms. The second-order valence-electron chi connectivity index (χ2n) is 8.07. The average Bonchev–Trinajstić information content (AvgIpc) is 3.08. The number of hydrogen-bond donors (Lipinski definition) is 0. The van der Waals surface area contributed by atoms with Gasteiger partial charge in [0.05, 0.1) is 6.04 Å². The molecule has 1 saturated heterocycles. The first-order valence-electron chi connectivity index (χ1n) is 9.85. The summed E-state index contributed by atoms with van der Waals surface area (Å²) in [5, 5.41) is 1.47. The van der Waals surface area contributed by atoms with Crippen molar-refractivity contribution in [1.82, 2.24) is 4.90 Å². The van der Waals surface area contributed by atoms with Crippen molar-refractivity contribution in [2.45, 2.75) is 57.0 Å². The summed E-state index contributed by atoms with van der Waals surface area (Å²) in [6.45, 7) is 2.29. The number of benzene rings is 2. The number of rotatable bonds is 3. The molecule has 2 fully saturated rings. The van der Waals surface area contributed by atoms with Crippen molar-refractivity contribution in [3.05, 3.63) is 69.7 Å². The first-order chi connectivity index (χ1) is 13.0. The number of carbonyl (C=O) groups excluding carboxylic acids is 1. The quantitative estimate of drug-likeness (QED) is 0.564. The Labute approximate surface area is 171 Å². The number of hydrogen-bond acceptors (Lipinski definition) is 1. The molecule has 0 radical (unpaired) electrons. The van der Waals surface area contributed by atoms with Crippen molar-refractivity contribution in [3.8, 4) is 0 Å². The minimum absolute atomic E-state index is 0.0392. The minimum atomic E-state index is 0.0392. The van der Waals surface area contributed by atoms with Gasteiger partial charge in [-0.05, 0) is 67.0 Å². The summed E-state index contributed by atoms with van der Waals surface area (Å²) in [5.41, 5.74) is 2.38. The average molecular weight is 402 g/mol. The molecule has 1 saturated carbocycles. The molecule has 2 nitrogen and oxygen atoms in total. The maximum atomic E-state index is 13.1. The molecule has 0 spiro atoms. The van der Waals surface area contributed by atoms with E-state index in [1.54, 1.807) is 0 Å². The third-order valence-electron chi connectivity index (χ3n) is 6.19. The summed E-state index contributed by atoms with van der Waals surface area (Å²) in [6.07, 6.45) is 4.85. The van der Waals surface area contributed by atoms with Crippen LogP contribution in [0.25, 0.3) is 0 Å². The zero-order valence-electron chi connectivity index (χ0n) is 15.6. The maximum Gasteiger partial charge on any atom is 0.223 e. The Morgan fingerprint density at radius 1 is 0.926 bits per heavy atom. The number of nitrogens with zero attached hydrogens (tertiary/aromatic N) is 1. The molecule has 0 bridgehead atoms. The fourth-order valence-electron chi connectivity index (χ4n) is 4.91. The molecule has 1 aliphatic carbocycles. The molecule has 1 heterocycles. The molecular formula is C23H25Cl2NO. The lowest BCUT2D eigenvalue weighted by Crippen LogP contribution is -2.47. The van der Waals surface area contributed by atoms with Gasteiger partial charge in [0.25, 0.3) is 0 Å². The molecule has 2 aromatic carbocycles. The molecule has 4 rings (SSSR count). The van der Waals surface area contributed by atoms with E-state index in [4.69, 9.17) is 23.2 Å². The number of piperidine rings is 1. The molecule has 4 atom stereocenters. The van der Waals surface area contributed by atoms with Crippen LogP contribution in [0.5, 0.6) is 0 Å². The Kier molecular flexibility index (Phi) is 5.48. The van der Waals surface area contributed by atoms with Gasteiger partial charge >= 0.3 is 0 Å². The fraction of sp³-hybridized carbons (Fsp3) is 0.435. The van der Waals surface area contributed by atoms with Gasteiger partial charge in [-0.15, -0.1) is 0 Å². The zero-order chi connectivity index (χ0) is 19.0. The lowest BCUT2D eigenvalue weighted by Gasteiger charge is -2.45. The Bertz CT molecular complexity index is 819. The smallest absolute Gasteiger partial charge is 0.223 e. The minimum Gasteiger partial charge on any atom is -0.332 e. The van der Waals surface area contributed by atoms with Crippen LogP contribution in [-0.2, 0) is 4.79 Å². The first-order valence-corrected chi connectivity index (χ1v) is 10.6. The number of halogens is 2. The third kappa shape index (κ3) is 3.88. The first kappa shape index (κ1) is 18.8. The van der Waals surface area contributed by atoms with Crippen molar-refractivity contribution in [1.29, 1.82) is 0 Å². The maximum absolute atomic E-state index is 13.1. The lowest BCUT2D eigenvalue weighted by molar-refractivity contribution is -0.140. The van der Waals surface area contributed by atoms with Gasteiger partial charge in [0.2, 0.25) is 5.91 Å². The van der Waals surface area contributed by atoms with Gasteiger partial charge in [-0.3, -0.25) is 4.79 Å². The highest BCUT2D eigenvalue weighted by molar-refractivity contribution is 6.30. The van der Waals surface area contributed by atoms with Crippen molar-refractivity contribution < 1.29 is 4.79 Å². The van der Waals surface area contributed by atoms with Gasteiger partial charge in [-0.25, -0.2) is 0 Å². The van der Waals surface area contributed by atoms with Gasteiger partial charge in [-0.2, -0.15) is 0 Å². The topological polar surface area (TPSA) is 20.3 Å². The molecule has 1 aliphatic heterocycles. The molecule has 2 aromatic rings. The van der Waals surface area contributed by atoms with Crippen molar-refractivity contribution in [2.75, 3.05) is 0 Å². The van der Waals surface area contributed by atoms with Gasteiger partial charge in [0.15, 0.2) is 0 Å². The van der Waals surface area contributed by atoms with Crippen LogP contribution in [0.2, 0.25) is 10.0 Å². The third-order valence-corrected chi connectivity index (χ3v) is 6.67. The monoisotopic (exact) mass is 401 g/mol. The van der Waals surface area contributed by atoms with Gasteiger partial charge in [-0.1, -0.05) is 54.4 Å². The van der Waals surface area contributed by atoms with E-state index in [2.05, 4.69) is 36.1 Å². The van der Waals surface area contributed by atoms with Crippen LogP contribution in [0.3, 0.4) is 0 Å². The van der Waals surface area contributed by atoms with E-state index in [-0.39, 0.29) is 17.9 Å². The van der Waals surface area contributed by atoms with Gasteiger partial charge in [0.1, 0.15) is 0 Å². The summed E-state index contributed by atoms with van der Waals surface area (Å²) < 4.78 is 0. The summed E-state index contributed by atoms with van der Waals surface area (Å²) in [5.74, 6) is 1.21. The Hall–Kier alpha value is -1.51.